The lowest BCUT2D eigenvalue weighted by Crippen LogP contribution is -2.49. The van der Waals surface area contributed by atoms with Gasteiger partial charge in [0.15, 0.2) is 0 Å². The molecule has 13 rings (SSSR count). The summed E-state index contributed by atoms with van der Waals surface area (Å²) in [5.74, 6) is -2.35. The van der Waals surface area contributed by atoms with Gasteiger partial charge in [-0.1, -0.05) is 93.1 Å². The Morgan fingerprint density at radius 3 is 0.902 bits per heavy atom. The first-order valence-electron chi connectivity index (χ1n) is 39.0. The number of carbonyl (C=O) groups is 8. The number of likely N-dealkylation sites (N-methyl/N-ethyl adjacent to an activating group) is 1. The molecule has 29 nitrogen and oxygen atoms in total. The predicted octanol–water partition coefficient (Wildman–Crippen LogP) is 11.5. The number of aromatic amines is 4. The van der Waals surface area contributed by atoms with E-state index in [1.165, 1.54) is 77.0 Å². The summed E-state index contributed by atoms with van der Waals surface area (Å²) in [4.78, 5) is 100. The van der Waals surface area contributed by atoms with Crippen LogP contribution in [0.4, 0.5) is 17.6 Å². The Labute approximate surface area is 698 Å². The van der Waals surface area contributed by atoms with Gasteiger partial charge >= 0.3 is 0 Å². The van der Waals surface area contributed by atoms with Gasteiger partial charge in [0, 0.05) is 45.8 Å². The van der Waals surface area contributed by atoms with Gasteiger partial charge in [0.2, 0.25) is 23.6 Å². The zero-order valence-electron chi connectivity index (χ0n) is 68.0. The van der Waals surface area contributed by atoms with Crippen molar-refractivity contribution in [3.05, 3.63) is 236 Å². The second-order valence-corrected chi connectivity index (χ2v) is 27.1. The minimum atomic E-state index is -0.426. The molecule has 1 fully saturated rings. The van der Waals surface area contributed by atoms with Crippen LogP contribution in [0.2, 0.25) is 0 Å². The first-order valence-corrected chi connectivity index (χ1v) is 39.0. The van der Waals surface area contributed by atoms with Gasteiger partial charge in [0.05, 0.1) is 143 Å². The van der Waals surface area contributed by atoms with Crippen molar-refractivity contribution < 1.29 is 74.9 Å². The normalized spacial score (nSPS) is 11.8. The van der Waals surface area contributed by atoms with Crippen molar-refractivity contribution in [1.29, 1.82) is 0 Å². The molecule has 33 heteroatoms. The molecule has 1 aliphatic rings. The molecule has 0 saturated carbocycles. The highest BCUT2D eigenvalue weighted by Crippen LogP contribution is 2.37. The van der Waals surface area contributed by atoms with Crippen LogP contribution in [-0.4, -0.2) is 193 Å². The molecule has 8 amide bonds. The summed E-state index contributed by atoms with van der Waals surface area (Å²) in [6.07, 6.45) is 17.0. The number of halogens is 4. The van der Waals surface area contributed by atoms with Crippen LogP contribution in [0.5, 0.6) is 23.0 Å². The maximum absolute atomic E-state index is 13.1. The summed E-state index contributed by atoms with van der Waals surface area (Å²) in [6.45, 7) is 9.72. The molecule has 12 aromatic rings. The molecule has 0 unspecified atom stereocenters. The standard InChI is InChI=1S/C23H24FN5O3.C23H25FN4O3.C22H23FN4O3.C21H21FN4O3/c1-32-22-17(23(31)26-14-20(30)29-12-10-25-11-13-29)7-9-19-21(22)18(27-28-19)8-4-15-2-5-16(24)6-3-15;1-3-4-13-25-20(29)14-26-23(30)17-10-12-19-21(22(17)31-2)18(27-28-19)11-7-15-5-8-16(24)9-6-15;1-3-12-24-19(28)13-25-22(29)16-9-11-18-20(21(16)30-2)17(26-27-18)10-6-14-4-7-15(23)8-5-14;1-3-23-18(27)12-24-21(28)15-9-11-17-19(20(15)29-2)16(25-26-17)10-6-13-4-7-14(22)8-5-13/h2-9,25H,10-14H2,1H3,(H,26,31)(H,27,28);5-12H,3-4,13-14H2,1-2H3,(H,25,29)(H,26,30)(H,27,28);4-11H,3,12-13H2,1-2H3,(H,24,28)(H,25,29)(H,26,27);4-11H,3,12H2,1-2H3,(H,23,27)(H,24,28)(H,25,26)/b8-4+;11-7+;2*10-6+. The molecule has 0 bridgehead atoms. The molecule has 0 aliphatic carbocycles. The molecule has 5 heterocycles. The van der Waals surface area contributed by atoms with Crippen LogP contribution in [0, 0.1) is 23.3 Å². The van der Waals surface area contributed by atoms with Gasteiger partial charge in [0.1, 0.15) is 46.3 Å². The Morgan fingerprint density at radius 2 is 0.631 bits per heavy atom. The van der Waals surface area contributed by atoms with Gasteiger partial charge in [-0.2, -0.15) is 20.4 Å². The number of fused-ring (bicyclic) bond motifs is 4. The first kappa shape index (κ1) is 89.6. The van der Waals surface area contributed by atoms with Crippen LogP contribution in [0.3, 0.4) is 0 Å². The van der Waals surface area contributed by atoms with Crippen molar-refractivity contribution in [2.24, 2.45) is 0 Å². The smallest absolute Gasteiger partial charge is 0.255 e. The Kier molecular flexibility index (Phi) is 32.8. The fourth-order valence-electron chi connectivity index (χ4n) is 12.6. The number of carbonyl (C=O) groups excluding carboxylic acids is 8. The van der Waals surface area contributed by atoms with Crippen molar-refractivity contribution in [2.75, 3.05) is 100 Å². The molecule has 0 atom stereocenters. The van der Waals surface area contributed by atoms with Gasteiger partial charge in [-0.25, -0.2) is 17.6 Å². The van der Waals surface area contributed by atoms with Crippen LogP contribution in [0.1, 0.15) is 126 Å². The van der Waals surface area contributed by atoms with E-state index in [0.29, 0.717) is 144 Å². The number of benzene rings is 8. The zero-order chi connectivity index (χ0) is 87.0. The highest BCUT2D eigenvalue weighted by Gasteiger charge is 2.26. The lowest BCUT2D eigenvalue weighted by Gasteiger charge is -2.27. The third-order valence-electron chi connectivity index (χ3n) is 18.7. The summed E-state index contributed by atoms with van der Waals surface area (Å²) in [7, 11) is 5.90. The number of ether oxygens (including phenoxy) is 4. The minimum absolute atomic E-state index is 0.0806. The molecule has 122 heavy (non-hydrogen) atoms. The number of amides is 8. The summed E-state index contributed by atoms with van der Waals surface area (Å²) in [5, 5.41) is 53.1. The number of aromatic nitrogens is 8. The van der Waals surface area contributed by atoms with Gasteiger partial charge in [0.25, 0.3) is 23.6 Å². The first-order chi connectivity index (χ1) is 59.1. The Bertz CT molecular complexity index is 5780. The Balaban J connectivity index is 0.000000171. The molecule has 0 spiro atoms. The second-order valence-electron chi connectivity index (χ2n) is 27.1. The van der Waals surface area contributed by atoms with Crippen molar-refractivity contribution >= 4 is 139 Å². The lowest BCUT2D eigenvalue weighted by molar-refractivity contribution is -0.130. The number of piperazine rings is 1. The molecule has 1 saturated heterocycles. The van der Waals surface area contributed by atoms with Crippen molar-refractivity contribution in [3.8, 4) is 23.0 Å². The quantitative estimate of drug-likeness (QED) is 0.0147. The summed E-state index contributed by atoms with van der Waals surface area (Å²) >= 11 is 0. The number of methoxy groups -OCH3 is 4. The number of nitrogens with zero attached hydrogens (tertiary/aromatic N) is 5. The highest BCUT2D eigenvalue weighted by molar-refractivity contribution is 6.10. The van der Waals surface area contributed by atoms with E-state index in [4.69, 9.17) is 18.9 Å². The fraction of sp³-hybridized carbons (Fsp3) is 0.236. The maximum Gasteiger partial charge on any atom is 0.255 e. The zero-order valence-corrected chi connectivity index (χ0v) is 68.0. The molecular formula is C89H93F4N17O12. The number of unbranched alkanes of at least 4 members (excludes halogenated alkanes) is 1. The Hall–Kier alpha value is -14.8. The molecule has 8 aromatic carbocycles. The van der Waals surface area contributed by atoms with E-state index in [9.17, 15) is 55.9 Å². The van der Waals surface area contributed by atoms with Crippen molar-refractivity contribution in [1.82, 2.24) is 88.2 Å². The predicted molar refractivity (Wildman–Crippen MR) is 461 cm³/mol. The molecule has 4 aromatic heterocycles. The van der Waals surface area contributed by atoms with E-state index >= 15 is 0 Å². The molecule has 634 valence electrons. The number of hydrogen-bond donors (Lipinski definition) is 12. The minimum Gasteiger partial charge on any atom is -0.495 e. The monoisotopic (exact) mass is 1670 g/mol. The molecule has 0 radical (unpaired) electrons. The van der Waals surface area contributed by atoms with E-state index in [1.54, 1.807) is 151 Å². The van der Waals surface area contributed by atoms with E-state index in [2.05, 4.69) is 83.3 Å². The molecule has 12 N–H and O–H groups in total. The highest BCUT2D eigenvalue weighted by atomic mass is 19.1. The third-order valence-corrected chi connectivity index (χ3v) is 18.7. The van der Waals surface area contributed by atoms with Crippen LogP contribution in [0.25, 0.3) is 92.2 Å². The van der Waals surface area contributed by atoms with Crippen LogP contribution in [0.15, 0.2) is 146 Å². The molecular weight excluding hydrogens is 1580 g/mol. The second kappa shape index (κ2) is 44.7. The maximum atomic E-state index is 13.1. The lowest BCUT2D eigenvalue weighted by atomic mass is 10.1. The Morgan fingerprint density at radius 1 is 0.352 bits per heavy atom. The van der Waals surface area contributed by atoms with Crippen molar-refractivity contribution in [3.63, 3.8) is 0 Å². The summed E-state index contributed by atoms with van der Waals surface area (Å²) in [6, 6.07) is 37.6. The van der Waals surface area contributed by atoms with Gasteiger partial charge < -0.3 is 66.4 Å². The summed E-state index contributed by atoms with van der Waals surface area (Å²) < 4.78 is 74.5. The van der Waals surface area contributed by atoms with E-state index in [0.717, 1.165) is 54.6 Å². The fourth-order valence-corrected chi connectivity index (χ4v) is 12.6. The average molecular weight is 1670 g/mol. The van der Waals surface area contributed by atoms with E-state index < -0.39 is 23.6 Å². The van der Waals surface area contributed by atoms with E-state index in [1.807, 2.05) is 19.9 Å². The number of rotatable bonds is 30. The largest absolute Gasteiger partial charge is 0.495 e. The third kappa shape index (κ3) is 24.2. The van der Waals surface area contributed by atoms with Gasteiger partial charge in [-0.3, -0.25) is 58.8 Å². The SMILES string of the molecule is CCCCNC(=O)CNC(=O)c1ccc2n[nH]c(/C=C/c3ccc(F)cc3)c2c1OC.CCCNC(=O)CNC(=O)c1ccc2n[nH]c(/C=C/c3ccc(F)cc3)c2c1OC.CCNC(=O)CNC(=O)c1ccc2n[nH]c(/C=C/c3ccc(F)cc3)c2c1OC.COc1c(C(=O)NCC(=O)N2CCNCC2)ccc2n[nH]c(/C=C/c3ccc(F)cc3)c12. The van der Waals surface area contributed by atoms with E-state index in [-0.39, 0.29) is 73.1 Å². The number of H-pyrrole nitrogens is 4. The van der Waals surface area contributed by atoms with Crippen LogP contribution in [-0.2, 0) is 19.2 Å². The van der Waals surface area contributed by atoms with Crippen LogP contribution < -0.4 is 61.5 Å². The topological polar surface area (TPSA) is 388 Å². The molecule has 1 aliphatic heterocycles. The number of nitrogens with one attached hydrogen (secondary N) is 12. The average Bonchev–Trinajstić information content (AvgIpc) is 1.65. The van der Waals surface area contributed by atoms with Crippen molar-refractivity contribution in [2.45, 2.75) is 40.0 Å². The van der Waals surface area contributed by atoms with Gasteiger partial charge in [-0.15, -0.1) is 0 Å². The van der Waals surface area contributed by atoms with Crippen LogP contribution >= 0.6 is 0 Å². The summed E-state index contributed by atoms with van der Waals surface area (Å²) in [5.41, 5.74) is 9.53. The van der Waals surface area contributed by atoms with Gasteiger partial charge in [-0.05, 0) is 163 Å². The number of hydrogen-bond acceptors (Lipinski definition) is 17.